The van der Waals surface area contributed by atoms with Gasteiger partial charge in [-0.25, -0.2) is 0 Å². The smallest absolute Gasteiger partial charge is 0.417 e. The third-order valence-corrected chi connectivity index (χ3v) is 3.14. The Morgan fingerprint density at radius 3 is 2.40 bits per heavy atom. The molecule has 0 N–H and O–H groups in total. The number of nitrogens with zero attached hydrogens (tertiary/aromatic N) is 1. The molecule has 0 aliphatic rings. The Morgan fingerprint density at radius 2 is 1.80 bits per heavy atom. The second-order valence-electron chi connectivity index (χ2n) is 3.85. The summed E-state index contributed by atoms with van der Waals surface area (Å²) in [6.45, 7) is 0. The van der Waals surface area contributed by atoms with Gasteiger partial charge < -0.3 is 4.74 Å². The maximum absolute atomic E-state index is 12.8. The molecular formula is C14H7BrF3NO. The van der Waals surface area contributed by atoms with Gasteiger partial charge >= 0.3 is 6.18 Å². The van der Waals surface area contributed by atoms with E-state index in [0.29, 0.717) is 10.2 Å². The summed E-state index contributed by atoms with van der Waals surface area (Å²) < 4.78 is 44.5. The van der Waals surface area contributed by atoms with Crippen molar-refractivity contribution in [3.05, 3.63) is 58.1 Å². The number of hydrogen-bond acceptors (Lipinski definition) is 2. The van der Waals surface area contributed by atoms with E-state index in [-0.39, 0.29) is 5.75 Å². The fraction of sp³-hybridized carbons (Fsp3) is 0.0714. The summed E-state index contributed by atoms with van der Waals surface area (Å²) in [6, 6.07) is 11.6. The van der Waals surface area contributed by atoms with Crippen molar-refractivity contribution in [3.8, 4) is 17.6 Å². The summed E-state index contributed by atoms with van der Waals surface area (Å²) in [4.78, 5) is 0. The highest BCUT2D eigenvalue weighted by atomic mass is 79.9. The van der Waals surface area contributed by atoms with E-state index in [4.69, 9.17) is 10.00 Å². The van der Waals surface area contributed by atoms with E-state index < -0.39 is 17.3 Å². The van der Waals surface area contributed by atoms with E-state index in [0.717, 1.165) is 12.1 Å². The SMILES string of the molecule is N#Cc1ccc(Oc2ccccc2Br)cc1C(F)(F)F. The molecule has 0 aromatic heterocycles. The maximum atomic E-state index is 12.8. The lowest BCUT2D eigenvalue weighted by Gasteiger charge is -2.12. The van der Waals surface area contributed by atoms with Crippen molar-refractivity contribution in [1.82, 2.24) is 0 Å². The lowest BCUT2D eigenvalue weighted by Crippen LogP contribution is -2.07. The van der Waals surface area contributed by atoms with Crippen LogP contribution in [0.1, 0.15) is 11.1 Å². The summed E-state index contributed by atoms with van der Waals surface area (Å²) in [6.07, 6.45) is -4.60. The molecule has 0 aliphatic carbocycles. The lowest BCUT2D eigenvalue weighted by atomic mass is 10.1. The molecule has 0 radical (unpaired) electrons. The fourth-order valence-electron chi connectivity index (χ4n) is 1.57. The molecule has 2 rings (SSSR count). The second-order valence-corrected chi connectivity index (χ2v) is 4.70. The van der Waals surface area contributed by atoms with Crippen molar-refractivity contribution >= 4 is 15.9 Å². The van der Waals surface area contributed by atoms with Crippen LogP contribution in [0.3, 0.4) is 0 Å². The molecular weight excluding hydrogens is 335 g/mol. The quantitative estimate of drug-likeness (QED) is 0.758. The van der Waals surface area contributed by atoms with Crippen molar-refractivity contribution in [2.45, 2.75) is 6.18 Å². The average molecular weight is 342 g/mol. The Hall–Kier alpha value is -2.00. The molecule has 0 heterocycles. The Morgan fingerprint density at radius 1 is 1.10 bits per heavy atom. The summed E-state index contributed by atoms with van der Waals surface area (Å²) in [5.74, 6) is 0.411. The van der Waals surface area contributed by atoms with Crippen LogP contribution in [0, 0.1) is 11.3 Å². The van der Waals surface area contributed by atoms with Crippen LogP contribution in [0.25, 0.3) is 0 Å². The number of halogens is 4. The van der Waals surface area contributed by atoms with Gasteiger partial charge in [-0.15, -0.1) is 0 Å². The zero-order valence-corrected chi connectivity index (χ0v) is 11.5. The van der Waals surface area contributed by atoms with Crippen LogP contribution in [-0.4, -0.2) is 0 Å². The first-order chi connectivity index (χ1) is 9.41. The summed E-state index contributed by atoms with van der Waals surface area (Å²) in [5.41, 5.74) is -1.44. The minimum absolute atomic E-state index is 0.0169. The van der Waals surface area contributed by atoms with Gasteiger partial charge in [-0.05, 0) is 46.3 Å². The van der Waals surface area contributed by atoms with Crippen molar-refractivity contribution in [2.24, 2.45) is 0 Å². The molecule has 2 aromatic carbocycles. The number of hydrogen-bond donors (Lipinski definition) is 0. The molecule has 0 saturated heterocycles. The number of ether oxygens (including phenoxy) is 1. The van der Waals surface area contributed by atoms with Crippen molar-refractivity contribution in [1.29, 1.82) is 5.26 Å². The topological polar surface area (TPSA) is 33.0 Å². The van der Waals surface area contributed by atoms with Crippen molar-refractivity contribution in [3.63, 3.8) is 0 Å². The number of alkyl halides is 3. The van der Waals surface area contributed by atoms with Gasteiger partial charge in [-0.2, -0.15) is 18.4 Å². The van der Waals surface area contributed by atoms with Gasteiger partial charge in [0, 0.05) is 0 Å². The van der Waals surface area contributed by atoms with Crippen LogP contribution in [0.2, 0.25) is 0 Å². The average Bonchev–Trinajstić information content (AvgIpc) is 2.40. The van der Waals surface area contributed by atoms with Crippen LogP contribution in [0.15, 0.2) is 46.9 Å². The minimum atomic E-state index is -4.60. The molecule has 2 aromatic rings. The van der Waals surface area contributed by atoms with Crippen LogP contribution in [0.4, 0.5) is 13.2 Å². The van der Waals surface area contributed by atoms with E-state index in [2.05, 4.69) is 15.9 Å². The number of rotatable bonds is 2. The molecule has 0 fully saturated rings. The van der Waals surface area contributed by atoms with E-state index >= 15 is 0 Å². The number of nitriles is 1. The third kappa shape index (κ3) is 3.11. The fourth-order valence-corrected chi connectivity index (χ4v) is 1.94. The first-order valence-corrected chi connectivity index (χ1v) is 6.25. The number of para-hydroxylation sites is 1. The van der Waals surface area contributed by atoms with Crippen LogP contribution < -0.4 is 4.74 Å². The summed E-state index contributed by atoms with van der Waals surface area (Å²) in [7, 11) is 0. The Kier molecular flexibility index (Phi) is 4.00. The molecule has 0 amide bonds. The van der Waals surface area contributed by atoms with Crippen LogP contribution in [0.5, 0.6) is 11.5 Å². The molecule has 6 heteroatoms. The van der Waals surface area contributed by atoms with Crippen LogP contribution >= 0.6 is 15.9 Å². The van der Waals surface area contributed by atoms with Crippen molar-refractivity contribution < 1.29 is 17.9 Å². The molecule has 0 unspecified atom stereocenters. The molecule has 2 nitrogen and oxygen atoms in total. The van der Waals surface area contributed by atoms with Gasteiger partial charge in [-0.1, -0.05) is 12.1 Å². The zero-order valence-electron chi connectivity index (χ0n) is 9.91. The van der Waals surface area contributed by atoms with E-state index in [9.17, 15) is 13.2 Å². The molecule has 0 aliphatic heterocycles. The monoisotopic (exact) mass is 341 g/mol. The first kappa shape index (κ1) is 14.4. The van der Waals surface area contributed by atoms with E-state index in [1.54, 1.807) is 24.3 Å². The predicted molar refractivity (Wildman–Crippen MR) is 70.4 cm³/mol. The Bertz CT molecular complexity index is 677. The molecule has 0 spiro atoms. The maximum Gasteiger partial charge on any atom is 0.417 e. The molecule has 102 valence electrons. The predicted octanol–water partition coefficient (Wildman–Crippen LogP) is 5.13. The Labute approximate surface area is 121 Å². The zero-order chi connectivity index (χ0) is 14.8. The minimum Gasteiger partial charge on any atom is -0.456 e. The van der Waals surface area contributed by atoms with Crippen molar-refractivity contribution in [2.75, 3.05) is 0 Å². The molecule has 0 atom stereocenters. The van der Waals surface area contributed by atoms with Gasteiger partial charge in [0.1, 0.15) is 11.5 Å². The van der Waals surface area contributed by atoms with E-state index in [1.165, 1.54) is 12.1 Å². The molecule has 20 heavy (non-hydrogen) atoms. The summed E-state index contributed by atoms with van der Waals surface area (Å²) in [5, 5.41) is 8.71. The second kappa shape index (κ2) is 5.55. The number of benzene rings is 2. The lowest BCUT2D eigenvalue weighted by molar-refractivity contribution is -0.137. The Balaban J connectivity index is 2.40. The highest BCUT2D eigenvalue weighted by Crippen LogP contribution is 2.36. The highest BCUT2D eigenvalue weighted by molar-refractivity contribution is 9.10. The first-order valence-electron chi connectivity index (χ1n) is 5.45. The normalized spacial score (nSPS) is 10.9. The largest absolute Gasteiger partial charge is 0.456 e. The van der Waals surface area contributed by atoms with Crippen LogP contribution in [-0.2, 0) is 6.18 Å². The van der Waals surface area contributed by atoms with Gasteiger partial charge in [0.25, 0.3) is 0 Å². The highest BCUT2D eigenvalue weighted by Gasteiger charge is 2.34. The molecule has 0 saturated carbocycles. The standard InChI is InChI=1S/C14H7BrF3NO/c15-12-3-1-2-4-13(12)20-10-6-5-9(8-19)11(7-10)14(16,17)18/h1-7H. The van der Waals surface area contributed by atoms with Gasteiger partial charge in [-0.3, -0.25) is 0 Å². The van der Waals surface area contributed by atoms with E-state index in [1.807, 2.05) is 0 Å². The summed E-state index contributed by atoms with van der Waals surface area (Å²) >= 11 is 3.24. The molecule has 0 bridgehead atoms. The van der Waals surface area contributed by atoms with Gasteiger partial charge in [0.15, 0.2) is 0 Å². The van der Waals surface area contributed by atoms with Gasteiger partial charge in [0.2, 0.25) is 0 Å². The van der Waals surface area contributed by atoms with Gasteiger partial charge in [0.05, 0.1) is 21.7 Å². The third-order valence-electron chi connectivity index (χ3n) is 2.48.